The van der Waals surface area contributed by atoms with E-state index in [0.29, 0.717) is 25.4 Å². The van der Waals surface area contributed by atoms with Crippen molar-refractivity contribution in [2.45, 2.75) is 45.5 Å². The van der Waals surface area contributed by atoms with E-state index in [1.807, 2.05) is 12.1 Å². The third-order valence-corrected chi connectivity index (χ3v) is 6.04. The van der Waals surface area contributed by atoms with Crippen molar-refractivity contribution in [3.63, 3.8) is 0 Å². The molecule has 0 N–H and O–H groups in total. The van der Waals surface area contributed by atoms with E-state index in [2.05, 4.69) is 24.8 Å². The Labute approximate surface area is 134 Å². The average Bonchev–Trinajstić information content (AvgIpc) is 2.52. The SMILES string of the molecule is CCCC[Si](C)(C)OCCOCc1ccc(C(=O)OC)cc1. The number of carbonyl (C=O) groups excluding carboxylic acids is 1. The zero-order chi connectivity index (χ0) is 16.4. The van der Waals surface area contributed by atoms with Crippen LogP contribution in [-0.2, 0) is 20.5 Å². The molecule has 0 spiro atoms. The van der Waals surface area contributed by atoms with Crippen LogP contribution in [0.15, 0.2) is 24.3 Å². The standard InChI is InChI=1S/C17H28O4Si/c1-5-6-13-22(3,4)21-12-11-20-14-15-7-9-16(10-8-15)17(18)19-2/h7-10H,5-6,11-14H2,1-4H3. The van der Waals surface area contributed by atoms with Gasteiger partial charge in [-0.15, -0.1) is 0 Å². The first-order valence-corrected chi connectivity index (χ1v) is 11.0. The molecule has 0 heterocycles. The summed E-state index contributed by atoms with van der Waals surface area (Å²) in [5.41, 5.74) is 1.59. The molecule has 5 heteroatoms. The molecular weight excluding hydrogens is 296 g/mol. The van der Waals surface area contributed by atoms with E-state index in [4.69, 9.17) is 9.16 Å². The smallest absolute Gasteiger partial charge is 0.337 e. The number of benzene rings is 1. The maximum Gasteiger partial charge on any atom is 0.337 e. The maximum absolute atomic E-state index is 11.3. The molecule has 0 saturated carbocycles. The van der Waals surface area contributed by atoms with Gasteiger partial charge in [0.25, 0.3) is 0 Å². The number of rotatable bonds is 10. The first-order valence-electron chi connectivity index (χ1n) is 7.87. The number of hydrogen-bond acceptors (Lipinski definition) is 4. The molecule has 1 aromatic rings. The Balaban J connectivity index is 2.23. The molecule has 0 atom stereocenters. The average molecular weight is 324 g/mol. The first-order chi connectivity index (χ1) is 10.5. The minimum atomic E-state index is -1.51. The van der Waals surface area contributed by atoms with Gasteiger partial charge in [-0.25, -0.2) is 4.79 Å². The van der Waals surface area contributed by atoms with Crippen LogP contribution in [0, 0.1) is 0 Å². The fraction of sp³-hybridized carbons (Fsp3) is 0.588. The minimum Gasteiger partial charge on any atom is -0.465 e. The van der Waals surface area contributed by atoms with Crippen molar-refractivity contribution in [1.29, 1.82) is 0 Å². The minimum absolute atomic E-state index is 0.319. The van der Waals surface area contributed by atoms with Gasteiger partial charge in [-0.2, -0.15) is 0 Å². The van der Waals surface area contributed by atoms with Crippen LogP contribution in [-0.4, -0.2) is 34.6 Å². The third-order valence-electron chi connectivity index (χ3n) is 3.50. The van der Waals surface area contributed by atoms with Gasteiger partial charge in [-0.1, -0.05) is 31.9 Å². The Bertz CT molecular complexity index is 442. The second-order valence-electron chi connectivity index (χ2n) is 5.95. The van der Waals surface area contributed by atoms with Crippen molar-refractivity contribution in [1.82, 2.24) is 0 Å². The molecule has 0 fully saturated rings. The number of hydrogen-bond donors (Lipinski definition) is 0. The Morgan fingerprint density at radius 2 is 1.82 bits per heavy atom. The molecule has 22 heavy (non-hydrogen) atoms. The predicted molar refractivity (Wildman–Crippen MR) is 90.6 cm³/mol. The summed E-state index contributed by atoms with van der Waals surface area (Å²) in [6, 6.07) is 8.47. The summed E-state index contributed by atoms with van der Waals surface area (Å²) >= 11 is 0. The van der Waals surface area contributed by atoms with Crippen LogP contribution >= 0.6 is 0 Å². The molecule has 4 nitrogen and oxygen atoms in total. The molecule has 0 aliphatic heterocycles. The summed E-state index contributed by atoms with van der Waals surface area (Å²) in [6.07, 6.45) is 2.46. The molecule has 0 unspecified atom stereocenters. The Morgan fingerprint density at radius 1 is 1.14 bits per heavy atom. The summed E-state index contributed by atoms with van der Waals surface area (Å²) in [6.45, 7) is 8.51. The van der Waals surface area contributed by atoms with Gasteiger partial charge < -0.3 is 13.9 Å². The molecule has 0 aromatic heterocycles. The predicted octanol–water partition coefficient (Wildman–Crippen LogP) is 4.01. The quantitative estimate of drug-likeness (QED) is 0.370. The number of unbranched alkanes of at least 4 members (excludes halogenated alkanes) is 1. The van der Waals surface area contributed by atoms with Crippen LogP contribution in [0.5, 0.6) is 0 Å². The number of carbonyl (C=O) groups is 1. The lowest BCUT2D eigenvalue weighted by Crippen LogP contribution is -2.31. The van der Waals surface area contributed by atoms with Gasteiger partial charge in [0, 0.05) is 0 Å². The van der Waals surface area contributed by atoms with Gasteiger partial charge in [0.05, 0.1) is 32.5 Å². The summed E-state index contributed by atoms with van der Waals surface area (Å²) in [7, 11) is -0.130. The summed E-state index contributed by atoms with van der Waals surface area (Å²) < 4.78 is 16.3. The lowest BCUT2D eigenvalue weighted by Gasteiger charge is -2.22. The Kier molecular flexibility index (Phi) is 8.38. The maximum atomic E-state index is 11.3. The summed E-state index contributed by atoms with van der Waals surface area (Å²) in [5.74, 6) is -0.319. The van der Waals surface area contributed by atoms with E-state index in [9.17, 15) is 4.79 Å². The van der Waals surface area contributed by atoms with Crippen LogP contribution in [0.1, 0.15) is 35.7 Å². The van der Waals surface area contributed by atoms with Gasteiger partial charge in [0.15, 0.2) is 8.32 Å². The van der Waals surface area contributed by atoms with Crippen LogP contribution in [0.25, 0.3) is 0 Å². The summed E-state index contributed by atoms with van der Waals surface area (Å²) in [5, 5.41) is 0. The van der Waals surface area contributed by atoms with E-state index >= 15 is 0 Å². The zero-order valence-electron chi connectivity index (χ0n) is 14.2. The fourth-order valence-corrected chi connectivity index (χ4v) is 4.08. The normalized spacial score (nSPS) is 11.5. The second-order valence-corrected chi connectivity index (χ2v) is 10.3. The summed E-state index contributed by atoms with van der Waals surface area (Å²) in [4.78, 5) is 11.3. The molecule has 0 amide bonds. The first kappa shape index (κ1) is 18.9. The number of esters is 1. The molecule has 0 saturated heterocycles. The molecule has 1 aromatic carbocycles. The van der Waals surface area contributed by atoms with E-state index in [1.165, 1.54) is 26.0 Å². The van der Waals surface area contributed by atoms with E-state index in [0.717, 1.165) is 5.56 Å². The van der Waals surface area contributed by atoms with Crippen molar-refractivity contribution in [2.75, 3.05) is 20.3 Å². The highest BCUT2D eigenvalue weighted by Gasteiger charge is 2.20. The highest BCUT2D eigenvalue weighted by atomic mass is 28.4. The van der Waals surface area contributed by atoms with Gasteiger partial charge in [-0.05, 0) is 36.8 Å². The van der Waals surface area contributed by atoms with Gasteiger partial charge in [0.2, 0.25) is 0 Å². The fourth-order valence-electron chi connectivity index (χ4n) is 2.10. The van der Waals surface area contributed by atoms with Gasteiger partial charge in [-0.3, -0.25) is 0 Å². The molecule has 124 valence electrons. The van der Waals surface area contributed by atoms with Gasteiger partial charge in [0.1, 0.15) is 0 Å². The molecule has 0 aliphatic carbocycles. The van der Waals surface area contributed by atoms with Crippen molar-refractivity contribution in [3.8, 4) is 0 Å². The van der Waals surface area contributed by atoms with Crippen LogP contribution in [0.4, 0.5) is 0 Å². The lowest BCUT2D eigenvalue weighted by molar-refractivity contribution is 0.0600. The Hall–Kier alpha value is -1.17. The van der Waals surface area contributed by atoms with E-state index in [1.54, 1.807) is 12.1 Å². The highest BCUT2D eigenvalue weighted by Crippen LogP contribution is 2.15. The Morgan fingerprint density at radius 3 is 2.41 bits per heavy atom. The van der Waals surface area contributed by atoms with Crippen molar-refractivity contribution < 1.29 is 18.7 Å². The van der Waals surface area contributed by atoms with Crippen LogP contribution in [0.3, 0.4) is 0 Å². The zero-order valence-corrected chi connectivity index (χ0v) is 15.2. The number of methoxy groups -OCH3 is 1. The van der Waals surface area contributed by atoms with Crippen molar-refractivity contribution in [2.24, 2.45) is 0 Å². The third kappa shape index (κ3) is 7.20. The van der Waals surface area contributed by atoms with E-state index < -0.39 is 8.32 Å². The van der Waals surface area contributed by atoms with Crippen LogP contribution < -0.4 is 0 Å². The molecule has 1 rings (SSSR count). The van der Waals surface area contributed by atoms with Gasteiger partial charge >= 0.3 is 5.97 Å². The second kappa shape index (κ2) is 9.76. The molecule has 0 radical (unpaired) electrons. The lowest BCUT2D eigenvalue weighted by atomic mass is 10.1. The molecule has 0 aliphatic rings. The molecular formula is C17H28O4Si. The van der Waals surface area contributed by atoms with Crippen molar-refractivity contribution in [3.05, 3.63) is 35.4 Å². The number of ether oxygens (including phenoxy) is 2. The highest BCUT2D eigenvalue weighted by molar-refractivity contribution is 6.71. The van der Waals surface area contributed by atoms with Crippen molar-refractivity contribution >= 4 is 14.3 Å². The molecule has 0 bridgehead atoms. The largest absolute Gasteiger partial charge is 0.465 e. The van der Waals surface area contributed by atoms with Crippen LogP contribution in [0.2, 0.25) is 19.1 Å². The topological polar surface area (TPSA) is 44.8 Å². The van der Waals surface area contributed by atoms with E-state index in [-0.39, 0.29) is 5.97 Å². The monoisotopic (exact) mass is 324 g/mol.